The predicted molar refractivity (Wildman–Crippen MR) is 131 cm³/mol. The zero-order valence-electron chi connectivity index (χ0n) is 18.9. The zero-order chi connectivity index (χ0) is 23.2. The van der Waals surface area contributed by atoms with Gasteiger partial charge in [0.05, 0.1) is 11.8 Å². The summed E-state index contributed by atoms with van der Waals surface area (Å²) in [7, 11) is 0. The van der Waals surface area contributed by atoms with Crippen LogP contribution in [0.2, 0.25) is 0 Å². The van der Waals surface area contributed by atoms with Crippen molar-refractivity contribution in [2.45, 2.75) is 26.3 Å². The van der Waals surface area contributed by atoms with E-state index >= 15 is 0 Å². The first-order chi connectivity index (χ1) is 16.0. The third-order valence-electron chi connectivity index (χ3n) is 5.60. The van der Waals surface area contributed by atoms with Crippen LogP contribution in [-0.4, -0.2) is 24.4 Å². The Balaban J connectivity index is 1.49. The van der Waals surface area contributed by atoms with E-state index in [2.05, 4.69) is 24.5 Å². The molecule has 5 heteroatoms. The Hall–Kier alpha value is -3.86. The Morgan fingerprint density at radius 3 is 2.33 bits per heavy atom. The molecule has 5 nitrogen and oxygen atoms in total. The highest BCUT2D eigenvalue weighted by Gasteiger charge is 2.20. The second kappa shape index (κ2) is 10.2. The van der Waals surface area contributed by atoms with Gasteiger partial charge in [-0.15, -0.1) is 0 Å². The van der Waals surface area contributed by atoms with Crippen molar-refractivity contribution >= 4 is 22.8 Å². The molecule has 4 rings (SSSR count). The number of hydrogen-bond donors (Lipinski definition) is 2. The van der Waals surface area contributed by atoms with Crippen LogP contribution < -0.4 is 10.6 Å². The molecule has 4 aromatic rings. The highest BCUT2D eigenvalue weighted by Crippen LogP contribution is 2.24. The number of nitrogens with one attached hydrogen (secondary N) is 2. The summed E-state index contributed by atoms with van der Waals surface area (Å²) in [6, 6.07) is 24.5. The minimum atomic E-state index is -0.200. The fourth-order valence-corrected chi connectivity index (χ4v) is 4.08. The fraction of sp³-hybridized carbons (Fsp3) is 0.214. The second-order valence-corrected chi connectivity index (χ2v) is 8.56. The van der Waals surface area contributed by atoms with Gasteiger partial charge in [-0.1, -0.05) is 68.4 Å². The fourth-order valence-electron chi connectivity index (χ4n) is 4.08. The highest BCUT2D eigenvalue weighted by atomic mass is 16.3. The van der Waals surface area contributed by atoms with E-state index in [9.17, 15) is 9.59 Å². The average Bonchev–Trinajstić information content (AvgIpc) is 3.31. The zero-order valence-corrected chi connectivity index (χ0v) is 18.9. The van der Waals surface area contributed by atoms with Crippen molar-refractivity contribution in [1.82, 2.24) is 10.6 Å². The summed E-state index contributed by atoms with van der Waals surface area (Å²) in [5, 5.41) is 6.91. The molecule has 0 radical (unpaired) electrons. The van der Waals surface area contributed by atoms with E-state index in [-0.39, 0.29) is 17.9 Å². The molecule has 0 aliphatic rings. The van der Waals surface area contributed by atoms with Crippen LogP contribution in [0.5, 0.6) is 0 Å². The number of amides is 2. The summed E-state index contributed by atoms with van der Waals surface area (Å²) < 4.78 is 5.40. The molecule has 0 saturated carbocycles. The van der Waals surface area contributed by atoms with Gasteiger partial charge in [0.25, 0.3) is 11.8 Å². The Labute approximate surface area is 193 Å². The van der Waals surface area contributed by atoms with Crippen LogP contribution in [0.4, 0.5) is 0 Å². The van der Waals surface area contributed by atoms with Gasteiger partial charge < -0.3 is 15.1 Å². The van der Waals surface area contributed by atoms with Crippen LogP contribution in [0.1, 0.15) is 41.0 Å². The van der Waals surface area contributed by atoms with Crippen molar-refractivity contribution in [3.63, 3.8) is 0 Å². The molecule has 2 amide bonds. The minimum absolute atomic E-state index is 0.147. The number of carbonyl (C=O) groups is 2. The molecule has 0 spiro atoms. The molecule has 168 valence electrons. The lowest BCUT2D eigenvalue weighted by atomic mass is 9.98. The molecule has 1 heterocycles. The summed E-state index contributed by atoms with van der Waals surface area (Å²) in [5.74, 6) is 0.0230. The standard InChI is InChI=1S/C28H28N2O3/c1-19(2)17-21(18-29-27(31)25-13-8-14-26-23(25)15-16-33-26)30-28(32)24-12-7-6-11-22(24)20-9-4-3-5-10-20/h3-16,19,21H,17-18H2,1-2H3,(H,29,31)(H,30,32). The highest BCUT2D eigenvalue weighted by molar-refractivity contribution is 6.06. The van der Waals surface area contributed by atoms with Crippen LogP contribution in [-0.2, 0) is 0 Å². The average molecular weight is 441 g/mol. The lowest BCUT2D eigenvalue weighted by Crippen LogP contribution is -2.44. The van der Waals surface area contributed by atoms with E-state index < -0.39 is 0 Å². The van der Waals surface area contributed by atoms with Gasteiger partial charge in [0, 0.05) is 23.5 Å². The van der Waals surface area contributed by atoms with Crippen LogP contribution in [0.25, 0.3) is 22.1 Å². The lowest BCUT2D eigenvalue weighted by Gasteiger charge is -2.22. The Morgan fingerprint density at radius 1 is 0.818 bits per heavy atom. The molecule has 1 aromatic heterocycles. The van der Waals surface area contributed by atoms with Crippen molar-refractivity contribution in [1.29, 1.82) is 0 Å². The molecule has 0 fully saturated rings. The van der Waals surface area contributed by atoms with E-state index in [0.717, 1.165) is 22.9 Å². The quantitative estimate of drug-likeness (QED) is 0.371. The number of rotatable bonds is 8. The van der Waals surface area contributed by atoms with Gasteiger partial charge in [0.15, 0.2) is 0 Å². The predicted octanol–water partition coefficient (Wildman–Crippen LogP) is 5.67. The van der Waals surface area contributed by atoms with Gasteiger partial charge in [-0.2, -0.15) is 0 Å². The third-order valence-corrected chi connectivity index (χ3v) is 5.60. The number of furan rings is 1. The first-order valence-corrected chi connectivity index (χ1v) is 11.2. The molecule has 1 unspecified atom stereocenters. The second-order valence-electron chi connectivity index (χ2n) is 8.56. The lowest BCUT2D eigenvalue weighted by molar-refractivity contribution is 0.0904. The van der Waals surface area contributed by atoms with E-state index in [0.29, 0.717) is 29.2 Å². The first-order valence-electron chi connectivity index (χ1n) is 11.2. The topological polar surface area (TPSA) is 71.3 Å². The summed E-state index contributed by atoms with van der Waals surface area (Å²) in [4.78, 5) is 26.1. The maximum Gasteiger partial charge on any atom is 0.252 e. The first kappa shape index (κ1) is 22.3. The number of carbonyl (C=O) groups excluding carboxylic acids is 2. The molecular weight excluding hydrogens is 412 g/mol. The largest absolute Gasteiger partial charge is 0.464 e. The summed E-state index contributed by atoms with van der Waals surface area (Å²) in [6.45, 7) is 4.54. The SMILES string of the molecule is CC(C)CC(CNC(=O)c1cccc2occc12)NC(=O)c1ccccc1-c1ccccc1. The van der Waals surface area contributed by atoms with E-state index in [4.69, 9.17) is 4.42 Å². The molecule has 1 atom stereocenters. The van der Waals surface area contributed by atoms with E-state index in [1.807, 2.05) is 60.7 Å². The Kier molecular flexibility index (Phi) is 6.89. The van der Waals surface area contributed by atoms with Gasteiger partial charge in [0.2, 0.25) is 0 Å². The van der Waals surface area contributed by atoms with Crippen molar-refractivity contribution in [2.75, 3.05) is 6.54 Å². The summed E-state index contributed by atoms with van der Waals surface area (Å²) in [6.07, 6.45) is 2.32. The van der Waals surface area contributed by atoms with Crippen molar-refractivity contribution in [2.24, 2.45) is 5.92 Å². The molecule has 33 heavy (non-hydrogen) atoms. The van der Waals surface area contributed by atoms with E-state index in [1.165, 1.54) is 0 Å². The van der Waals surface area contributed by atoms with Crippen molar-refractivity contribution in [3.8, 4) is 11.1 Å². The number of hydrogen-bond acceptors (Lipinski definition) is 3. The maximum absolute atomic E-state index is 13.2. The third kappa shape index (κ3) is 5.32. The van der Waals surface area contributed by atoms with Crippen LogP contribution in [0.15, 0.2) is 89.5 Å². The maximum atomic E-state index is 13.2. The molecule has 0 aliphatic carbocycles. The van der Waals surface area contributed by atoms with Crippen molar-refractivity contribution < 1.29 is 14.0 Å². The van der Waals surface area contributed by atoms with Crippen LogP contribution in [0.3, 0.4) is 0 Å². The van der Waals surface area contributed by atoms with Gasteiger partial charge in [-0.25, -0.2) is 0 Å². The van der Waals surface area contributed by atoms with Gasteiger partial charge in [0.1, 0.15) is 5.58 Å². The molecule has 3 aromatic carbocycles. The van der Waals surface area contributed by atoms with E-state index in [1.54, 1.807) is 24.5 Å². The normalized spacial score (nSPS) is 12.0. The molecule has 2 N–H and O–H groups in total. The number of benzene rings is 3. The molecule has 0 aliphatic heterocycles. The summed E-state index contributed by atoms with van der Waals surface area (Å²) >= 11 is 0. The van der Waals surface area contributed by atoms with Gasteiger partial charge in [-0.05, 0) is 47.7 Å². The molecular formula is C28H28N2O3. The van der Waals surface area contributed by atoms with Crippen LogP contribution >= 0.6 is 0 Å². The smallest absolute Gasteiger partial charge is 0.252 e. The summed E-state index contributed by atoms with van der Waals surface area (Å²) in [5.41, 5.74) is 3.73. The molecule has 0 bridgehead atoms. The Bertz CT molecular complexity index is 1240. The van der Waals surface area contributed by atoms with Gasteiger partial charge >= 0.3 is 0 Å². The number of fused-ring (bicyclic) bond motifs is 1. The monoisotopic (exact) mass is 440 g/mol. The molecule has 0 saturated heterocycles. The Morgan fingerprint density at radius 2 is 1.55 bits per heavy atom. The van der Waals surface area contributed by atoms with Crippen LogP contribution in [0, 0.1) is 5.92 Å². The van der Waals surface area contributed by atoms with Gasteiger partial charge in [-0.3, -0.25) is 9.59 Å². The van der Waals surface area contributed by atoms with Crippen molar-refractivity contribution in [3.05, 3.63) is 96.3 Å². The minimum Gasteiger partial charge on any atom is -0.464 e.